The molecule has 2 atom stereocenters. The van der Waals surface area contributed by atoms with E-state index in [2.05, 4.69) is 31.4 Å². The maximum Gasteiger partial charge on any atom is 0.259 e. The topological polar surface area (TPSA) is 95.1 Å². The summed E-state index contributed by atoms with van der Waals surface area (Å²) in [7, 11) is 6.12. The van der Waals surface area contributed by atoms with E-state index in [1.165, 1.54) is 28.4 Å². The molecule has 0 heterocycles. The lowest BCUT2D eigenvalue weighted by atomic mass is 9.62. The molecule has 8 heteroatoms. The first-order valence-corrected chi connectivity index (χ1v) is 12.1. The van der Waals surface area contributed by atoms with Crippen molar-refractivity contribution in [3.63, 3.8) is 0 Å². The van der Waals surface area contributed by atoms with Gasteiger partial charge < -0.3 is 29.6 Å². The van der Waals surface area contributed by atoms with Crippen LogP contribution in [0.5, 0.6) is 23.0 Å². The van der Waals surface area contributed by atoms with Gasteiger partial charge >= 0.3 is 0 Å². The Balaban J connectivity index is 1.77. The summed E-state index contributed by atoms with van der Waals surface area (Å²) in [4.78, 5) is 26.5. The largest absolute Gasteiger partial charge is 0.496 e. The van der Waals surface area contributed by atoms with Gasteiger partial charge in [-0.2, -0.15) is 0 Å². The Kier molecular flexibility index (Phi) is 8.38. The van der Waals surface area contributed by atoms with Crippen molar-refractivity contribution in [1.82, 2.24) is 10.6 Å². The summed E-state index contributed by atoms with van der Waals surface area (Å²) < 4.78 is 21.6. The fourth-order valence-electron chi connectivity index (χ4n) is 5.66. The van der Waals surface area contributed by atoms with E-state index in [4.69, 9.17) is 18.9 Å². The molecular weight excluding hydrogens is 460 g/mol. The van der Waals surface area contributed by atoms with Crippen molar-refractivity contribution in [2.45, 2.75) is 46.1 Å². The van der Waals surface area contributed by atoms with E-state index in [0.717, 1.165) is 12.8 Å². The number of hydrogen-bond acceptors (Lipinski definition) is 6. The van der Waals surface area contributed by atoms with E-state index in [1.54, 1.807) is 36.4 Å². The van der Waals surface area contributed by atoms with Gasteiger partial charge in [0, 0.05) is 12.6 Å². The van der Waals surface area contributed by atoms with Crippen LogP contribution in [0, 0.1) is 10.8 Å². The first-order chi connectivity index (χ1) is 17.1. The minimum atomic E-state index is -0.256. The van der Waals surface area contributed by atoms with E-state index in [9.17, 15) is 9.59 Å². The molecule has 0 spiro atoms. The van der Waals surface area contributed by atoms with Crippen LogP contribution in [-0.4, -0.2) is 52.8 Å². The predicted octanol–water partition coefficient (Wildman–Crippen LogP) is 4.47. The summed E-state index contributed by atoms with van der Waals surface area (Å²) in [6, 6.07) is 10.4. The van der Waals surface area contributed by atoms with Crippen LogP contribution in [0.4, 0.5) is 0 Å². The number of methoxy groups -OCH3 is 4. The lowest BCUT2D eigenvalue weighted by Crippen LogP contribution is -2.50. The Labute approximate surface area is 213 Å². The third kappa shape index (κ3) is 6.04. The zero-order chi connectivity index (χ0) is 26.5. The van der Waals surface area contributed by atoms with Crippen molar-refractivity contribution < 1.29 is 28.5 Å². The van der Waals surface area contributed by atoms with Crippen LogP contribution in [0.15, 0.2) is 36.4 Å². The second-order valence-corrected chi connectivity index (χ2v) is 10.5. The van der Waals surface area contributed by atoms with E-state index >= 15 is 0 Å². The van der Waals surface area contributed by atoms with Crippen molar-refractivity contribution in [2.24, 2.45) is 10.8 Å². The number of carbonyl (C=O) groups excluding carboxylic acids is 2. The highest BCUT2D eigenvalue weighted by molar-refractivity contribution is 6.00. The van der Waals surface area contributed by atoms with Gasteiger partial charge in [-0.15, -0.1) is 0 Å². The Morgan fingerprint density at radius 1 is 0.778 bits per heavy atom. The Morgan fingerprint density at radius 3 is 1.67 bits per heavy atom. The minimum Gasteiger partial charge on any atom is -0.496 e. The number of nitrogens with one attached hydrogen (secondary N) is 2. The molecule has 0 saturated heterocycles. The molecule has 36 heavy (non-hydrogen) atoms. The van der Waals surface area contributed by atoms with Crippen LogP contribution in [0.1, 0.15) is 60.7 Å². The zero-order valence-corrected chi connectivity index (χ0v) is 22.3. The van der Waals surface area contributed by atoms with Gasteiger partial charge in [0.25, 0.3) is 11.8 Å². The van der Waals surface area contributed by atoms with Gasteiger partial charge in [0.15, 0.2) is 0 Å². The lowest BCUT2D eigenvalue weighted by molar-refractivity contribution is 0.0588. The van der Waals surface area contributed by atoms with Crippen LogP contribution in [0.3, 0.4) is 0 Å². The summed E-state index contributed by atoms with van der Waals surface area (Å²) in [6.45, 7) is 6.98. The molecule has 2 amide bonds. The average molecular weight is 499 g/mol. The summed E-state index contributed by atoms with van der Waals surface area (Å²) in [5.74, 6) is 1.34. The first kappa shape index (κ1) is 27.2. The lowest BCUT2D eigenvalue weighted by Gasteiger charge is -2.47. The molecule has 2 aromatic carbocycles. The van der Waals surface area contributed by atoms with Gasteiger partial charge in [-0.25, -0.2) is 0 Å². The second-order valence-electron chi connectivity index (χ2n) is 10.5. The van der Waals surface area contributed by atoms with Crippen LogP contribution >= 0.6 is 0 Å². The van der Waals surface area contributed by atoms with Gasteiger partial charge in [0.05, 0.1) is 28.4 Å². The van der Waals surface area contributed by atoms with E-state index < -0.39 is 0 Å². The van der Waals surface area contributed by atoms with Crippen LogP contribution < -0.4 is 29.6 Å². The number of hydrogen-bond donors (Lipinski definition) is 2. The van der Waals surface area contributed by atoms with Crippen LogP contribution in [0.25, 0.3) is 0 Å². The molecule has 0 radical (unpaired) electrons. The Morgan fingerprint density at radius 2 is 1.22 bits per heavy atom. The molecule has 2 N–H and O–H groups in total. The number of amides is 2. The van der Waals surface area contributed by atoms with Gasteiger partial charge in [-0.05, 0) is 54.4 Å². The molecule has 1 aliphatic rings. The monoisotopic (exact) mass is 498 g/mol. The number of rotatable bonds is 9. The fraction of sp³-hybridized carbons (Fsp3) is 0.500. The summed E-state index contributed by atoms with van der Waals surface area (Å²) in [6.07, 6.45) is 2.43. The minimum absolute atomic E-state index is 0.0390. The quantitative estimate of drug-likeness (QED) is 0.530. The molecule has 2 unspecified atom stereocenters. The number of ether oxygens (including phenoxy) is 4. The summed E-state index contributed by atoms with van der Waals surface area (Å²) in [5, 5.41) is 6.29. The smallest absolute Gasteiger partial charge is 0.259 e. The molecule has 1 saturated carbocycles. The number of carbonyl (C=O) groups is 2. The molecule has 1 aliphatic carbocycles. The summed E-state index contributed by atoms with van der Waals surface area (Å²) >= 11 is 0. The molecule has 3 rings (SSSR count). The van der Waals surface area contributed by atoms with Crippen molar-refractivity contribution in [1.29, 1.82) is 0 Å². The molecule has 0 aliphatic heterocycles. The maximum atomic E-state index is 13.3. The standard InChI is InChI=1S/C28H38N2O6/c1-27(2)14-18(30-26(32)24-21(35-6)12-9-13-22(24)36-7)15-28(3,16-27)17-29-25(31)23-19(33-4)10-8-11-20(23)34-5/h8-13,18H,14-17H2,1-7H3,(H,29,31)(H,30,32). The molecule has 2 aromatic rings. The molecule has 196 valence electrons. The fourth-order valence-corrected chi connectivity index (χ4v) is 5.66. The van der Waals surface area contributed by atoms with Gasteiger partial charge in [0.2, 0.25) is 0 Å². The highest BCUT2D eigenvalue weighted by Crippen LogP contribution is 2.46. The van der Waals surface area contributed by atoms with E-state index in [-0.39, 0.29) is 28.7 Å². The molecule has 1 fully saturated rings. The first-order valence-electron chi connectivity index (χ1n) is 12.1. The van der Waals surface area contributed by atoms with E-state index in [0.29, 0.717) is 47.1 Å². The molecule has 8 nitrogen and oxygen atoms in total. The second kappa shape index (κ2) is 11.1. The Bertz CT molecular complexity index is 1050. The third-order valence-corrected chi connectivity index (χ3v) is 6.76. The van der Waals surface area contributed by atoms with Crippen molar-refractivity contribution in [2.75, 3.05) is 35.0 Å². The summed E-state index contributed by atoms with van der Waals surface area (Å²) in [5.41, 5.74) is 0.469. The predicted molar refractivity (Wildman–Crippen MR) is 138 cm³/mol. The zero-order valence-electron chi connectivity index (χ0n) is 22.3. The van der Waals surface area contributed by atoms with E-state index in [1.807, 2.05) is 0 Å². The molecule has 0 bridgehead atoms. The molecular formula is C28H38N2O6. The maximum absolute atomic E-state index is 13.3. The van der Waals surface area contributed by atoms with Crippen molar-refractivity contribution in [3.05, 3.63) is 47.5 Å². The Hall–Kier alpha value is -3.42. The van der Waals surface area contributed by atoms with Gasteiger partial charge in [-0.3, -0.25) is 9.59 Å². The van der Waals surface area contributed by atoms with Gasteiger partial charge in [-0.1, -0.05) is 32.9 Å². The SMILES string of the molecule is COc1cccc(OC)c1C(=O)NCC1(C)CC(NC(=O)c2c(OC)cccc2OC)CC(C)(C)C1. The van der Waals surface area contributed by atoms with Crippen molar-refractivity contribution >= 4 is 11.8 Å². The highest BCUT2D eigenvalue weighted by Gasteiger charge is 2.42. The van der Waals surface area contributed by atoms with Crippen LogP contribution in [0.2, 0.25) is 0 Å². The normalized spacial score (nSPS) is 20.7. The highest BCUT2D eigenvalue weighted by atomic mass is 16.5. The van der Waals surface area contributed by atoms with Crippen LogP contribution in [-0.2, 0) is 0 Å². The van der Waals surface area contributed by atoms with Crippen molar-refractivity contribution in [3.8, 4) is 23.0 Å². The molecule has 0 aromatic heterocycles. The van der Waals surface area contributed by atoms with Gasteiger partial charge in [0.1, 0.15) is 34.1 Å². The average Bonchev–Trinajstić information content (AvgIpc) is 2.84. The third-order valence-electron chi connectivity index (χ3n) is 6.76. The number of benzene rings is 2.